The molecule has 0 spiro atoms. The van der Waals surface area contributed by atoms with Gasteiger partial charge < -0.3 is 15.4 Å². The second kappa shape index (κ2) is 10.8. The van der Waals surface area contributed by atoms with Gasteiger partial charge in [0, 0.05) is 17.3 Å². The van der Waals surface area contributed by atoms with Gasteiger partial charge >= 0.3 is 0 Å². The number of hydrogen-bond donors (Lipinski definition) is 2. The predicted octanol–water partition coefficient (Wildman–Crippen LogP) is 5.28. The number of benzene rings is 2. The Balaban J connectivity index is 1.50. The van der Waals surface area contributed by atoms with E-state index in [2.05, 4.69) is 24.5 Å². The fourth-order valence-corrected chi connectivity index (χ4v) is 3.80. The van der Waals surface area contributed by atoms with Gasteiger partial charge in [0.05, 0.1) is 0 Å². The molecule has 2 aromatic carbocycles. The van der Waals surface area contributed by atoms with E-state index in [0.717, 1.165) is 30.6 Å². The SMILES string of the molecule is CCC(C)c1ccccc1OCC(=O)Nc1ccc(C(=O)NC2CCCCC2)cc1. The van der Waals surface area contributed by atoms with Gasteiger partial charge in [0.25, 0.3) is 11.8 Å². The van der Waals surface area contributed by atoms with Gasteiger partial charge in [-0.25, -0.2) is 0 Å². The van der Waals surface area contributed by atoms with Crippen LogP contribution in [-0.4, -0.2) is 24.5 Å². The number of carbonyl (C=O) groups excluding carboxylic acids is 2. The second-order valence-electron chi connectivity index (χ2n) is 8.07. The first-order chi connectivity index (χ1) is 14.6. The number of ether oxygens (including phenoxy) is 1. The van der Waals surface area contributed by atoms with Gasteiger partial charge in [-0.3, -0.25) is 9.59 Å². The summed E-state index contributed by atoms with van der Waals surface area (Å²) in [6.45, 7) is 4.22. The molecule has 0 aliphatic heterocycles. The minimum atomic E-state index is -0.228. The number of amides is 2. The number of para-hydroxylation sites is 1. The van der Waals surface area contributed by atoms with Gasteiger partial charge in [-0.2, -0.15) is 0 Å². The molecule has 2 amide bonds. The summed E-state index contributed by atoms with van der Waals surface area (Å²) in [4.78, 5) is 24.7. The van der Waals surface area contributed by atoms with Crippen molar-refractivity contribution in [3.63, 3.8) is 0 Å². The lowest BCUT2D eigenvalue weighted by Gasteiger charge is -2.22. The molecular formula is C25H32N2O3. The Bertz CT molecular complexity index is 842. The average Bonchev–Trinajstić information content (AvgIpc) is 2.78. The number of anilines is 1. The molecule has 2 N–H and O–H groups in total. The molecule has 1 aliphatic rings. The van der Waals surface area contributed by atoms with Crippen molar-refractivity contribution >= 4 is 17.5 Å². The van der Waals surface area contributed by atoms with Gasteiger partial charge in [0.2, 0.25) is 0 Å². The molecule has 1 unspecified atom stereocenters. The van der Waals surface area contributed by atoms with Crippen molar-refractivity contribution in [3.05, 3.63) is 59.7 Å². The molecule has 1 fully saturated rings. The lowest BCUT2D eigenvalue weighted by Crippen LogP contribution is -2.36. The van der Waals surface area contributed by atoms with E-state index in [4.69, 9.17) is 4.74 Å². The number of hydrogen-bond acceptors (Lipinski definition) is 3. The van der Waals surface area contributed by atoms with Crippen LogP contribution in [0.15, 0.2) is 48.5 Å². The Morgan fingerprint density at radius 1 is 1.03 bits per heavy atom. The second-order valence-corrected chi connectivity index (χ2v) is 8.07. The first kappa shape index (κ1) is 21.9. The Labute approximate surface area is 179 Å². The predicted molar refractivity (Wildman–Crippen MR) is 120 cm³/mol. The molecule has 0 saturated heterocycles. The minimum Gasteiger partial charge on any atom is -0.483 e. The van der Waals surface area contributed by atoms with E-state index < -0.39 is 0 Å². The van der Waals surface area contributed by atoms with Crippen molar-refractivity contribution in [1.29, 1.82) is 0 Å². The fourth-order valence-electron chi connectivity index (χ4n) is 3.80. The van der Waals surface area contributed by atoms with Gasteiger partial charge in [0.15, 0.2) is 6.61 Å². The zero-order valence-corrected chi connectivity index (χ0v) is 17.9. The number of rotatable bonds is 8. The molecule has 1 saturated carbocycles. The van der Waals surface area contributed by atoms with Crippen LogP contribution >= 0.6 is 0 Å². The van der Waals surface area contributed by atoms with E-state index in [9.17, 15) is 9.59 Å². The molecule has 0 aromatic heterocycles. The van der Waals surface area contributed by atoms with Crippen molar-refractivity contribution in [1.82, 2.24) is 5.32 Å². The molecule has 160 valence electrons. The van der Waals surface area contributed by atoms with Crippen molar-refractivity contribution in [3.8, 4) is 5.75 Å². The maximum absolute atomic E-state index is 12.4. The monoisotopic (exact) mass is 408 g/mol. The van der Waals surface area contributed by atoms with Crippen LogP contribution in [0.5, 0.6) is 5.75 Å². The van der Waals surface area contributed by atoms with Crippen LogP contribution in [0.4, 0.5) is 5.69 Å². The molecule has 5 heteroatoms. The molecule has 5 nitrogen and oxygen atoms in total. The van der Waals surface area contributed by atoms with Crippen molar-refractivity contribution in [2.24, 2.45) is 0 Å². The van der Waals surface area contributed by atoms with Crippen LogP contribution in [0.25, 0.3) is 0 Å². The van der Waals surface area contributed by atoms with Crippen molar-refractivity contribution in [2.75, 3.05) is 11.9 Å². The summed E-state index contributed by atoms with van der Waals surface area (Å²) in [6, 6.07) is 15.1. The maximum Gasteiger partial charge on any atom is 0.262 e. The smallest absolute Gasteiger partial charge is 0.262 e. The third-order valence-electron chi connectivity index (χ3n) is 5.79. The summed E-state index contributed by atoms with van der Waals surface area (Å²) in [7, 11) is 0. The maximum atomic E-state index is 12.4. The summed E-state index contributed by atoms with van der Waals surface area (Å²) in [5.74, 6) is 0.839. The van der Waals surface area contributed by atoms with Crippen LogP contribution in [0.1, 0.15) is 74.2 Å². The van der Waals surface area contributed by atoms with Crippen molar-refractivity contribution < 1.29 is 14.3 Å². The van der Waals surface area contributed by atoms with E-state index in [0.29, 0.717) is 17.2 Å². The lowest BCUT2D eigenvalue weighted by atomic mass is 9.95. The van der Waals surface area contributed by atoms with E-state index in [1.165, 1.54) is 19.3 Å². The van der Waals surface area contributed by atoms with Gasteiger partial charge in [-0.05, 0) is 61.1 Å². The molecule has 3 rings (SSSR count). The Kier molecular flexibility index (Phi) is 7.89. The average molecular weight is 409 g/mol. The summed E-state index contributed by atoms with van der Waals surface area (Å²) < 4.78 is 5.76. The van der Waals surface area contributed by atoms with Crippen molar-refractivity contribution in [2.45, 2.75) is 64.3 Å². The van der Waals surface area contributed by atoms with E-state index >= 15 is 0 Å². The molecule has 30 heavy (non-hydrogen) atoms. The highest BCUT2D eigenvalue weighted by Crippen LogP contribution is 2.28. The highest BCUT2D eigenvalue weighted by molar-refractivity contribution is 5.96. The standard InChI is InChI=1S/C25H32N2O3/c1-3-18(2)22-11-7-8-12-23(22)30-17-24(28)26-21-15-13-19(14-16-21)25(29)27-20-9-5-4-6-10-20/h7-8,11-16,18,20H,3-6,9-10,17H2,1-2H3,(H,26,28)(H,27,29). The largest absolute Gasteiger partial charge is 0.483 e. The van der Waals surface area contributed by atoms with Crippen LogP contribution in [0.3, 0.4) is 0 Å². The minimum absolute atomic E-state index is 0.0511. The van der Waals surface area contributed by atoms with Gasteiger partial charge in [-0.1, -0.05) is 51.3 Å². The zero-order chi connectivity index (χ0) is 21.3. The number of carbonyl (C=O) groups is 2. The molecule has 1 atom stereocenters. The highest BCUT2D eigenvalue weighted by atomic mass is 16.5. The van der Waals surface area contributed by atoms with E-state index in [1.807, 2.05) is 24.3 Å². The zero-order valence-electron chi connectivity index (χ0n) is 17.9. The lowest BCUT2D eigenvalue weighted by molar-refractivity contribution is -0.118. The van der Waals surface area contributed by atoms with E-state index in [-0.39, 0.29) is 24.5 Å². The summed E-state index contributed by atoms with van der Waals surface area (Å²) in [5.41, 5.74) is 2.37. The van der Waals surface area contributed by atoms with Crippen LogP contribution < -0.4 is 15.4 Å². The molecule has 0 heterocycles. The molecular weight excluding hydrogens is 376 g/mol. The fraction of sp³-hybridized carbons (Fsp3) is 0.440. The first-order valence-corrected chi connectivity index (χ1v) is 11.0. The third-order valence-corrected chi connectivity index (χ3v) is 5.79. The molecule has 0 radical (unpaired) electrons. The van der Waals surface area contributed by atoms with Crippen LogP contribution in [0, 0.1) is 0 Å². The van der Waals surface area contributed by atoms with E-state index in [1.54, 1.807) is 24.3 Å². The highest BCUT2D eigenvalue weighted by Gasteiger charge is 2.17. The molecule has 1 aliphatic carbocycles. The summed E-state index contributed by atoms with van der Waals surface area (Å²) >= 11 is 0. The van der Waals surface area contributed by atoms with Gasteiger partial charge in [0.1, 0.15) is 5.75 Å². The van der Waals surface area contributed by atoms with Crippen LogP contribution in [-0.2, 0) is 4.79 Å². The normalized spacial score (nSPS) is 15.3. The number of nitrogens with one attached hydrogen (secondary N) is 2. The first-order valence-electron chi connectivity index (χ1n) is 11.0. The Hall–Kier alpha value is -2.82. The summed E-state index contributed by atoms with van der Waals surface area (Å²) in [6.07, 6.45) is 6.74. The third kappa shape index (κ3) is 6.09. The molecule has 2 aromatic rings. The van der Waals surface area contributed by atoms with Gasteiger partial charge in [-0.15, -0.1) is 0 Å². The quantitative estimate of drug-likeness (QED) is 0.624. The summed E-state index contributed by atoms with van der Waals surface area (Å²) in [5, 5.41) is 5.93. The Morgan fingerprint density at radius 3 is 2.43 bits per heavy atom. The Morgan fingerprint density at radius 2 is 1.73 bits per heavy atom. The molecule has 0 bridgehead atoms. The topological polar surface area (TPSA) is 67.4 Å². The van der Waals surface area contributed by atoms with Crippen LogP contribution in [0.2, 0.25) is 0 Å².